The molecule has 2 aromatic carbocycles. The number of likely N-dealkylation sites (tertiary alicyclic amines) is 1. The zero-order valence-electron chi connectivity index (χ0n) is 15.0. The van der Waals surface area contributed by atoms with Gasteiger partial charge in [-0.1, -0.05) is 48.3 Å². The molecule has 1 fully saturated rings. The van der Waals surface area contributed by atoms with Crippen molar-refractivity contribution in [2.45, 2.75) is 32.7 Å². The van der Waals surface area contributed by atoms with Crippen LogP contribution in [0.2, 0.25) is 10.0 Å². The summed E-state index contributed by atoms with van der Waals surface area (Å²) in [5.41, 5.74) is 3.23. The fourth-order valence-electron chi connectivity index (χ4n) is 3.31. The molecule has 1 N–H and O–H groups in total. The minimum atomic E-state index is 0.0674. The van der Waals surface area contributed by atoms with E-state index in [-0.39, 0.29) is 11.8 Å². The third-order valence-electron chi connectivity index (χ3n) is 5.00. The number of hydrogen-bond donors (Lipinski definition) is 1. The molecule has 1 amide bonds. The molecule has 0 unspecified atom stereocenters. The molecule has 0 bridgehead atoms. The van der Waals surface area contributed by atoms with Crippen LogP contribution in [-0.4, -0.2) is 23.9 Å². The number of halogens is 2. The fraction of sp³-hybridized carbons (Fsp3) is 0.381. The molecule has 1 aliphatic rings. The third-order valence-corrected chi connectivity index (χ3v) is 5.58. The molecule has 0 atom stereocenters. The number of carbonyl (C=O) groups excluding carboxylic acids is 1. The summed E-state index contributed by atoms with van der Waals surface area (Å²) < 4.78 is 0. The van der Waals surface area contributed by atoms with Gasteiger partial charge in [-0.3, -0.25) is 9.69 Å². The van der Waals surface area contributed by atoms with Crippen molar-refractivity contribution in [2.24, 2.45) is 5.92 Å². The van der Waals surface area contributed by atoms with Crippen LogP contribution in [0.25, 0.3) is 0 Å². The first-order chi connectivity index (χ1) is 12.5. The van der Waals surface area contributed by atoms with E-state index < -0.39 is 0 Å². The highest BCUT2D eigenvalue weighted by molar-refractivity contribution is 6.35. The van der Waals surface area contributed by atoms with Crippen LogP contribution in [0.1, 0.15) is 30.9 Å². The largest absolute Gasteiger partial charge is 0.326 e. The number of hydrogen-bond acceptors (Lipinski definition) is 2. The Hall–Kier alpha value is -1.55. The van der Waals surface area contributed by atoms with Crippen molar-refractivity contribution in [1.29, 1.82) is 0 Å². The number of amides is 1. The van der Waals surface area contributed by atoms with Crippen molar-refractivity contribution in [1.82, 2.24) is 4.90 Å². The number of anilines is 1. The van der Waals surface area contributed by atoms with Crippen molar-refractivity contribution < 1.29 is 4.79 Å². The van der Waals surface area contributed by atoms with Crippen molar-refractivity contribution in [3.05, 3.63) is 63.6 Å². The van der Waals surface area contributed by atoms with Crippen molar-refractivity contribution in [2.75, 3.05) is 18.4 Å². The number of carbonyl (C=O) groups is 1. The number of rotatable bonds is 5. The Bertz CT molecular complexity index is 753. The second-order valence-corrected chi connectivity index (χ2v) is 7.67. The minimum Gasteiger partial charge on any atom is -0.326 e. The Morgan fingerprint density at radius 3 is 2.42 bits per heavy atom. The van der Waals surface area contributed by atoms with Crippen LogP contribution in [-0.2, 0) is 17.8 Å². The summed E-state index contributed by atoms with van der Waals surface area (Å²) in [5.74, 6) is 0.191. The third kappa shape index (κ3) is 5.00. The van der Waals surface area contributed by atoms with Crippen molar-refractivity contribution in [3.63, 3.8) is 0 Å². The molecule has 0 spiro atoms. The monoisotopic (exact) mass is 390 g/mol. The first kappa shape index (κ1) is 19.2. The molecule has 1 heterocycles. The van der Waals surface area contributed by atoms with Gasteiger partial charge in [0.05, 0.1) is 0 Å². The second kappa shape index (κ2) is 8.90. The Balaban J connectivity index is 1.50. The van der Waals surface area contributed by atoms with E-state index in [0.717, 1.165) is 50.1 Å². The Labute approximate surface area is 165 Å². The van der Waals surface area contributed by atoms with Gasteiger partial charge >= 0.3 is 0 Å². The molecule has 0 aromatic heterocycles. The number of benzene rings is 2. The SMILES string of the molecule is CCc1ccc(NC(=O)C2CCN(Cc3ccc(Cl)cc3Cl)CC2)cc1. The van der Waals surface area contributed by atoms with Gasteiger partial charge in [-0.15, -0.1) is 0 Å². The number of aryl methyl sites for hydroxylation is 1. The second-order valence-electron chi connectivity index (χ2n) is 6.83. The maximum absolute atomic E-state index is 12.5. The van der Waals surface area contributed by atoms with E-state index in [0.29, 0.717) is 10.0 Å². The zero-order valence-corrected chi connectivity index (χ0v) is 16.5. The van der Waals surface area contributed by atoms with Crippen LogP contribution in [0, 0.1) is 5.92 Å². The topological polar surface area (TPSA) is 32.3 Å². The summed E-state index contributed by atoms with van der Waals surface area (Å²) in [4.78, 5) is 14.9. The summed E-state index contributed by atoms with van der Waals surface area (Å²) in [6, 6.07) is 13.7. The zero-order chi connectivity index (χ0) is 18.5. The molecule has 2 aromatic rings. The average Bonchev–Trinajstić information content (AvgIpc) is 2.65. The molecule has 1 saturated heterocycles. The van der Waals surface area contributed by atoms with Gasteiger partial charge in [0.25, 0.3) is 0 Å². The lowest BCUT2D eigenvalue weighted by atomic mass is 9.95. The van der Waals surface area contributed by atoms with Crippen LogP contribution in [0.4, 0.5) is 5.69 Å². The average molecular weight is 391 g/mol. The van der Waals surface area contributed by atoms with Crippen LogP contribution in [0.5, 0.6) is 0 Å². The molecule has 5 heteroatoms. The van der Waals surface area contributed by atoms with Crippen LogP contribution in [0.15, 0.2) is 42.5 Å². The molecular formula is C21H24Cl2N2O. The predicted octanol–water partition coefficient (Wildman–Crippen LogP) is 5.41. The summed E-state index contributed by atoms with van der Waals surface area (Å²) in [6.45, 7) is 4.71. The number of nitrogens with zero attached hydrogens (tertiary/aromatic N) is 1. The number of nitrogens with one attached hydrogen (secondary N) is 1. The van der Waals surface area contributed by atoms with Crippen LogP contribution in [0.3, 0.4) is 0 Å². The molecular weight excluding hydrogens is 367 g/mol. The highest BCUT2D eigenvalue weighted by Gasteiger charge is 2.25. The molecule has 1 aliphatic heterocycles. The Kier molecular flexibility index (Phi) is 6.58. The maximum atomic E-state index is 12.5. The molecule has 26 heavy (non-hydrogen) atoms. The van der Waals surface area contributed by atoms with E-state index in [1.165, 1.54) is 5.56 Å². The van der Waals surface area contributed by atoms with Gasteiger partial charge in [0.2, 0.25) is 5.91 Å². The highest BCUT2D eigenvalue weighted by Crippen LogP contribution is 2.25. The lowest BCUT2D eigenvalue weighted by Crippen LogP contribution is -2.37. The minimum absolute atomic E-state index is 0.0674. The van der Waals surface area contributed by atoms with Gasteiger partial charge in [0.1, 0.15) is 0 Å². The smallest absolute Gasteiger partial charge is 0.227 e. The van der Waals surface area contributed by atoms with E-state index in [2.05, 4.69) is 29.3 Å². The van der Waals surface area contributed by atoms with Gasteiger partial charge in [-0.2, -0.15) is 0 Å². The van der Waals surface area contributed by atoms with Crippen LogP contribution < -0.4 is 5.32 Å². The molecule has 0 aliphatic carbocycles. The van der Waals surface area contributed by atoms with Gasteiger partial charge in [-0.25, -0.2) is 0 Å². The van der Waals surface area contributed by atoms with Gasteiger partial charge in [0, 0.05) is 28.2 Å². The normalized spacial score (nSPS) is 15.8. The molecule has 138 valence electrons. The van der Waals surface area contributed by atoms with Crippen molar-refractivity contribution in [3.8, 4) is 0 Å². The first-order valence-corrected chi connectivity index (χ1v) is 9.87. The highest BCUT2D eigenvalue weighted by atomic mass is 35.5. The lowest BCUT2D eigenvalue weighted by Gasteiger charge is -2.31. The summed E-state index contributed by atoms with van der Waals surface area (Å²) in [6.07, 6.45) is 2.73. The van der Waals surface area contributed by atoms with E-state index in [1.807, 2.05) is 24.3 Å². The van der Waals surface area contributed by atoms with Gasteiger partial charge in [-0.05, 0) is 67.7 Å². The Morgan fingerprint density at radius 2 is 1.81 bits per heavy atom. The summed E-state index contributed by atoms with van der Waals surface area (Å²) >= 11 is 12.2. The van der Waals surface area contributed by atoms with Gasteiger partial charge < -0.3 is 5.32 Å². The molecule has 3 nitrogen and oxygen atoms in total. The molecule has 0 radical (unpaired) electrons. The summed E-state index contributed by atoms with van der Waals surface area (Å²) in [5, 5.41) is 4.41. The fourth-order valence-corrected chi connectivity index (χ4v) is 3.78. The van der Waals surface area contributed by atoms with E-state index in [9.17, 15) is 4.79 Å². The summed E-state index contributed by atoms with van der Waals surface area (Å²) in [7, 11) is 0. The molecule has 3 rings (SSSR count). The van der Waals surface area contributed by atoms with Crippen molar-refractivity contribution >= 4 is 34.8 Å². The number of piperidine rings is 1. The maximum Gasteiger partial charge on any atom is 0.227 e. The van der Waals surface area contributed by atoms with Crippen LogP contribution >= 0.6 is 23.2 Å². The lowest BCUT2D eigenvalue weighted by molar-refractivity contribution is -0.121. The van der Waals surface area contributed by atoms with E-state index >= 15 is 0 Å². The van der Waals surface area contributed by atoms with E-state index in [4.69, 9.17) is 23.2 Å². The standard InChI is InChI=1S/C21H24Cl2N2O/c1-2-15-3-7-19(8-4-15)24-21(26)16-9-11-25(12-10-16)14-17-5-6-18(22)13-20(17)23/h3-8,13,16H,2,9-12,14H2,1H3,(H,24,26). The quantitative estimate of drug-likeness (QED) is 0.740. The molecule has 0 saturated carbocycles. The first-order valence-electron chi connectivity index (χ1n) is 9.11. The van der Waals surface area contributed by atoms with Gasteiger partial charge in [0.15, 0.2) is 0 Å². The van der Waals surface area contributed by atoms with E-state index in [1.54, 1.807) is 6.07 Å². The Morgan fingerprint density at radius 1 is 1.12 bits per heavy atom. The predicted molar refractivity (Wildman–Crippen MR) is 109 cm³/mol.